The third kappa shape index (κ3) is 8.74. The third-order valence-corrected chi connectivity index (χ3v) is 9.91. The van der Waals surface area contributed by atoms with E-state index in [2.05, 4.69) is 4.99 Å². The standard InChI is InChI=1S/C41H48N4O10/c1-49-33-21-27(11-13-38(46)43-15-17-44(18-16-43)40(47)28-22-36(51-3)39(53-5)37(23-28)52-4)10-12-32(33)54-19-6-7-20-55-35-25-31-30(24-34(35)50-2)41(48)45-14-8-9-29(45)26-42-31/h10-13,21-26,29H,6-9,14-20H2,1-5H3/b13-11+/t29-/m0/s1. The van der Waals surface area contributed by atoms with E-state index in [4.69, 9.17) is 33.2 Å². The second kappa shape index (κ2) is 17.9. The Bertz CT molecular complexity index is 1910. The SMILES string of the molecule is COc1cc(/C=C/C(=O)N2CCN(C(=O)c3cc(OC)c(OC)c(OC)c3)CC2)ccc1OCCCCOc1cc2c(cc1OC)C(=O)N1CCC[C@H]1C=N2. The average Bonchev–Trinajstić information content (AvgIpc) is 3.66. The van der Waals surface area contributed by atoms with Gasteiger partial charge in [0.15, 0.2) is 34.5 Å². The lowest BCUT2D eigenvalue weighted by molar-refractivity contribution is -0.127. The minimum atomic E-state index is -0.179. The zero-order valence-electron chi connectivity index (χ0n) is 32.0. The Morgan fingerprint density at radius 2 is 1.36 bits per heavy atom. The molecule has 0 bridgehead atoms. The molecule has 55 heavy (non-hydrogen) atoms. The summed E-state index contributed by atoms with van der Waals surface area (Å²) in [5, 5.41) is 0. The van der Waals surface area contributed by atoms with Crippen LogP contribution in [0.3, 0.4) is 0 Å². The Morgan fingerprint density at radius 1 is 0.727 bits per heavy atom. The van der Waals surface area contributed by atoms with Gasteiger partial charge in [-0.3, -0.25) is 19.4 Å². The number of fused-ring (bicyclic) bond motifs is 2. The van der Waals surface area contributed by atoms with Crippen molar-refractivity contribution in [1.82, 2.24) is 14.7 Å². The Hall–Kier alpha value is -5.92. The number of ether oxygens (including phenoxy) is 7. The van der Waals surface area contributed by atoms with Crippen LogP contribution in [0.1, 0.15) is 52.0 Å². The van der Waals surface area contributed by atoms with E-state index in [0.29, 0.717) is 96.5 Å². The molecular weight excluding hydrogens is 708 g/mol. The topological polar surface area (TPSA) is 138 Å². The van der Waals surface area contributed by atoms with Crippen LogP contribution in [0.5, 0.6) is 40.2 Å². The summed E-state index contributed by atoms with van der Waals surface area (Å²) in [5.74, 6) is 3.05. The van der Waals surface area contributed by atoms with E-state index in [1.807, 2.05) is 29.3 Å². The number of benzene rings is 3. The fourth-order valence-corrected chi connectivity index (χ4v) is 6.89. The normalized spacial score (nSPS) is 16.3. The first-order valence-electron chi connectivity index (χ1n) is 18.4. The summed E-state index contributed by atoms with van der Waals surface area (Å²) in [6.07, 6.45) is 8.46. The van der Waals surface area contributed by atoms with E-state index in [-0.39, 0.29) is 23.8 Å². The molecule has 3 heterocycles. The largest absolute Gasteiger partial charge is 0.493 e. The van der Waals surface area contributed by atoms with E-state index in [1.165, 1.54) is 27.4 Å². The molecule has 14 nitrogen and oxygen atoms in total. The van der Waals surface area contributed by atoms with Crippen molar-refractivity contribution in [3.05, 3.63) is 65.2 Å². The summed E-state index contributed by atoms with van der Waals surface area (Å²) in [4.78, 5) is 49.4. The van der Waals surface area contributed by atoms with Crippen LogP contribution in [0.2, 0.25) is 0 Å². The molecule has 1 atom stereocenters. The molecule has 3 aromatic carbocycles. The monoisotopic (exact) mass is 756 g/mol. The minimum Gasteiger partial charge on any atom is -0.493 e. The second-order valence-electron chi connectivity index (χ2n) is 13.2. The van der Waals surface area contributed by atoms with Crippen molar-refractivity contribution in [2.24, 2.45) is 4.99 Å². The highest BCUT2D eigenvalue weighted by Gasteiger charge is 2.33. The molecule has 3 aliphatic rings. The molecule has 0 aromatic heterocycles. The van der Waals surface area contributed by atoms with Crippen molar-refractivity contribution < 1.29 is 47.5 Å². The molecule has 3 amide bonds. The predicted molar refractivity (Wildman–Crippen MR) is 206 cm³/mol. The number of methoxy groups -OCH3 is 5. The summed E-state index contributed by atoms with van der Waals surface area (Å²) in [7, 11) is 7.65. The van der Waals surface area contributed by atoms with Gasteiger partial charge in [-0.1, -0.05) is 6.07 Å². The molecule has 2 saturated heterocycles. The maximum Gasteiger partial charge on any atom is 0.256 e. The second-order valence-corrected chi connectivity index (χ2v) is 13.2. The molecule has 0 radical (unpaired) electrons. The van der Waals surface area contributed by atoms with Gasteiger partial charge in [-0.25, -0.2) is 0 Å². The summed E-state index contributed by atoms with van der Waals surface area (Å²) >= 11 is 0. The van der Waals surface area contributed by atoms with Gasteiger partial charge in [0, 0.05) is 56.6 Å². The van der Waals surface area contributed by atoms with Gasteiger partial charge in [0.1, 0.15) is 0 Å². The number of hydrogen-bond donors (Lipinski definition) is 0. The van der Waals surface area contributed by atoms with E-state index in [9.17, 15) is 14.4 Å². The van der Waals surface area contributed by atoms with Gasteiger partial charge in [0.25, 0.3) is 11.8 Å². The minimum absolute atomic E-state index is 0.0270. The molecular formula is C41H48N4O10. The molecule has 6 rings (SSSR count). The van der Waals surface area contributed by atoms with Crippen LogP contribution in [0.4, 0.5) is 5.69 Å². The number of carbonyl (C=O) groups is 3. The fourth-order valence-electron chi connectivity index (χ4n) is 6.89. The van der Waals surface area contributed by atoms with Gasteiger partial charge in [0.05, 0.1) is 66.1 Å². The smallest absolute Gasteiger partial charge is 0.256 e. The van der Waals surface area contributed by atoms with Crippen molar-refractivity contribution in [3.8, 4) is 40.2 Å². The highest BCUT2D eigenvalue weighted by atomic mass is 16.5. The summed E-state index contributed by atoms with van der Waals surface area (Å²) in [6, 6.07) is 12.3. The van der Waals surface area contributed by atoms with Crippen molar-refractivity contribution in [1.29, 1.82) is 0 Å². The highest BCUT2D eigenvalue weighted by molar-refractivity contribution is 6.03. The molecule has 0 saturated carbocycles. The Balaban J connectivity index is 0.954. The van der Waals surface area contributed by atoms with Crippen molar-refractivity contribution >= 4 is 35.7 Å². The van der Waals surface area contributed by atoms with E-state index >= 15 is 0 Å². The van der Waals surface area contributed by atoms with Crippen LogP contribution < -0.4 is 33.2 Å². The summed E-state index contributed by atoms with van der Waals surface area (Å²) in [5.41, 5.74) is 2.31. The van der Waals surface area contributed by atoms with Crippen molar-refractivity contribution in [2.75, 3.05) is 81.5 Å². The number of hydrogen-bond acceptors (Lipinski definition) is 11. The Labute approximate surface area is 321 Å². The van der Waals surface area contributed by atoms with Crippen LogP contribution >= 0.6 is 0 Å². The van der Waals surface area contributed by atoms with Crippen molar-refractivity contribution in [3.63, 3.8) is 0 Å². The zero-order chi connectivity index (χ0) is 38.9. The number of carbonyl (C=O) groups excluding carboxylic acids is 3. The lowest BCUT2D eigenvalue weighted by Gasteiger charge is -2.34. The molecule has 14 heteroatoms. The van der Waals surface area contributed by atoms with Crippen LogP contribution in [0, 0.1) is 0 Å². The predicted octanol–water partition coefficient (Wildman–Crippen LogP) is 5.29. The van der Waals surface area contributed by atoms with E-state index < -0.39 is 0 Å². The Morgan fingerprint density at radius 3 is 2.02 bits per heavy atom. The molecule has 3 aromatic rings. The third-order valence-electron chi connectivity index (χ3n) is 9.91. The Kier molecular flexibility index (Phi) is 12.7. The lowest BCUT2D eigenvalue weighted by atomic mass is 10.1. The van der Waals surface area contributed by atoms with Crippen LogP contribution in [0.25, 0.3) is 6.08 Å². The van der Waals surface area contributed by atoms with Gasteiger partial charge in [-0.2, -0.15) is 0 Å². The summed E-state index contributed by atoms with van der Waals surface area (Å²) < 4.78 is 39.4. The van der Waals surface area contributed by atoms with E-state index in [1.54, 1.807) is 54.4 Å². The number of piperazine rings is 1. The fraction of sp³-hybridized carbons (Fsp3) is 0.415. The lowest BCUT2D eigenvalue weighted by Crippen LogP contribution is -2.50. The first kappa shape index (κ1) is 38.8. The van der Waals surface area contributed by atoms with Gasteiger partial charge in [-0.15, -0.1) is 0 Å². The molecule has 292 valence electrons. The number of nitrogens with zero attached hydrogens (tertiary/aromatic N) is 4. The number of unbranched alkanes of at least 4 members (excludes halogenated alkanes) is 1. The maximum absolute atomic E-state index is 13.3. The zero-order valence-corrected chi connectivity index (χ0v) is 32.0. The van der Waals surface area contributed by atoms with E-state index in [0.717, 1.165) is 37.8 Å². The van der Waals surface area contributed by atoms with Crippen molar-refractivity contribution in [2.45, 2.75) is 31.7 Å². The van der Waals surface area contributed by atoms with Gasteiger partial charge < -0.3 is 47.9 Å². The van der Waals surface area contributed by atoms with Crippen LogP contribution in [-0.4, -0.2) is 126 Å². The van der Waals surface area contributed by atoms with Crippen LogP contribution in [0.15, 0.2) is 53.5 Å². The van der Waals surface area contributed by atoms with Gasteiger partial charge in [0.2, 0.25) is 11.7 Å². The average molecular weight is 757 g/mol. The molecule has 0 aliphatic carbocycles. The highest BCUT2D eigenvalue weighted by Crippen LogP contribution is 2.40. The first-order valence-corrected chi connectivity index (χ1v) is 18.4. The van der Waals surface area contributed by atoms with Crippen LogP contribution in [-0.2, 0) is 4.79 Å². The maximum atomic E-state index is 13.3. The molecule has 0 unspecified atom stereocenters. The first-order chi connectivity index (χ1) is 26.8. The van der Waals surface area contributed by atoms with Gasteiger partial charge in [-0.05, 0) is 67.7 Å². The number of aliphatic imine (C=N–C) groups is 1. The number of rotatable bonds is 15. The van der Waals surface area contributed by atoms with Gasteiger partial charge >= 0.3 is 0 Å². The molecule has 0 N–H and O–H groups in total. The quantitative estimate of drug-likeness (QED) is 0.149. The molecule has 3 aliphatic heterocycles. The number of amides is 3. The molecule has 0 spiro atoms. The molecule has 2 fully saturated rings. The summed E-state index contributed by atoms with van der Waals surface area (Å²) in [6.45, 7) is 3.18.